The van der Waals surface area contributed by atoms with Crippen molar-refractivity contribution in [3.05, 3.63) is 18.0 Å². The molecule has 1 unspecified atom stereocenters. The van der Waals surface area contributed by atoms with Crippen molar-refractivity contribution in [1.29, 1.82) is 0 Å². The molecule has 1 saturated heterocycles. The molecule has 88 valence electrons. The Balaban J connectivity index is 1.96. The molecule has 2 rings (SSSR count). The van der Waals surface area contributed by atoms with Crippen molar-refractivity contribution in [2.24, 2.45) is 5.92 Å². The van der Waals surface area contributed by atoms with Crippen LogP contribution in [0.2, 0.25) is 0 Å². The molecule has 0 aromatic carbocycles. The van der Waals surface area contributed by atoms with E-state index >= 15 is 0 Å². The van der Waals surface area contributed by atoms with Crippen LogP contribution in [0.1, 0.15) is 36.7 Å². The lowest BCUT2D eigenvalue weighted by Crippen LogP contribution is -2.30. The van der Waals surface area contributed by atoms with E-state index in [2.05, 4.69) is 17.0 Å². The van der Waals surface area contributed by atoms with E-state index < -0.39 is 0 Å². The molecule has 16 heavy (non-hydrogen) atoms. The molecule has 0 spiro atoms. The molecule has 1 fully saturated rings. The Morgan fingerprint density at radius 2 is 2.31 bits per heavy atom. The van der Waals surface area contributed by atoms with Crippen LogP contribution >= 0.6 is 0 Å². The monoisotopic (exact) mass is 222 g/mol. The molecule has 4 heteroatoms. The number of hydrogen-bond acceptors (Lipinski definition) is 4. The number of nitrogens with zero attached hydrogens (tertiary/aromatic N) is 2. The molecule has 1 aromatic heterocycles. The SMILES string of the molecule is CCC(CN1CCCC1)C(=O)c1ccno1. The zero-order valence-electron chi connectivity index (χ0n) is 9.69. The molecule has 4 nitrogen and oxygen atoms in total. The molecule has 0 bridgehead atoms. The highest BCUT2D eigenvalue weighted by molar-refractivity contribution is 5.95. The van der Waals surface area contributed by atoms with Crippen LogP contribution in [0.3, 0.4) is 0 Å². The number of ketones is 1. The average Bonchev–Trinajstić information content (AvgIpc) is 2.97. The minimum absolute atomic E-state index is 0.0473. The summed E-state index contributed by atoms with van der Waals surface area (Å²) in [6.45, 7) is 5.16. The van der Waals surface area contributed by atoms with Crippen molar-refractivity contribution in [3.63, 3.8) is 0 Å². The minimum atomic E-state index is 0.0473. The number of likely N-dealkylation sites (tertiary alicyclic amines) is 1. The molecule has 1 aliphatic heterocycles. The van der Waals surface area contributed by atoms with Crippen molar-refractivity contribution < 1.29 is 9.32 Å². The summed E-state index contributed by atoms with van der Waals surface area (Å²) in [6.07, 6.45) is 4.89. The van der Waals surface area contributed by atoms with Crippen LogP contribution < -0.4 is 0 Å². The normalized spacial score (nSPS) is 18.8. The molecule has 0 saturated carbocycles. The number of carbonyl (C=O) groups excluding carboxylic acids is 1. The Labute approximate surface area is 95.6 Å². The first-order valence-corrected chi connectivity index (χ1v) is 5.98. The molecular formula is C12H18N2O2. The van der Waals surface area contributed by atoms with Crippen LogP contribution in [0.4, 0.5) is 0 Å². The van der Waals surface area contributed by atoms with Gasteiger partial charge in [-0.1, -0.05) is 12.1 Å². The predicted molar refractivity (Wildman–Crippen MR) is 60.3 cm³/mol. The third kappa shape index (κ3) is 2.50. The van der Waals surface area contributed by atoms with E-state index in [9.17, 15) is 4.79 Å². The summed E-state index contributed by atoms with van der Waals surface area (Å²) >= 11 is 0. The van der Waals surface area contributed by atoms with Gasteiger partial charge in [-0.3, -0.25) is 4.79 Å². The van der Waals surface area contributed by atoms with Gasteiger partial charge in [0.1, 0.15) is 0 Å². The predicted octanol–water partition coefficient (Wildman–Crippen LogP) is 1.98. The molecule has 0 amide bonds. The fraction of sp³-hybridized carbons (Fsp3) is 0.667. The highest BCUT2D eigenvalue weighted by Crippen LogP contribution is 2.16. The Kier molecular flexibility index (Phi) is 3.72. The maximum absolute atomic E-state index is 12.1. The van der Waals surface area contributed by atoms with Gasteiger partial charge >= 0.3 is 0 Å². The number of rotatable bonds is 5. The van der Waals surface area contributed by atoms with Gasteiger partial charge in [-0.05, 0) is 32.4 Å². The van der Waals surface area contributed by atoms with Gasteiger partial charge in [0, 0.05) is 18.5 Å². The molecular weight excluding hydrogens is 204 g/mol. The topological polar surface area (TPSA) is 46.3 Å². The second kappa shape index (κ2) is 5.25. The quantitative estimate of drug-likeness (QED) is 0.715. The summed E-state index contributed by atoms with van der Waals surface area (Å²) in [5.74, 6) is 0.531. The van der Waals surface area contributed by atoms with Crippen LogP contribution in [0, 0.1) is 5.92 Å². The van der Waals surface area contributed by atoms with Crippen LogP contribution in [-0.2, 0) is 0 Å². The maximum Gasteiger partial charge on any atom is 0.205 e. The number of hydrogen-bond donors (Lipinski definition) is 0. The van der Waals surface area contributed by atoms with E-state index in [1.807, 2.05) is 0 Å². The summed E-state index contributed by atoms with van der Waals surface area (Å²) in [5.41, 5.74) is 0. The first-order chi connectivity index (χ1) is 7.81. The van der Waals surface area contributed by atoms with Gasteiger partial charge in [0.2, 0.25) is 11.5 Å². The smallest absolute Gasteiger partial charge is 0.205 e. The molecule has 0 radical (unpaired) electrons. The lowest BCUT2D eigenvalue weighted by atomic mass is 9.99. The lowest BCUT2D eigenvalue weighted by Gasteiger charge is -2.20. The molecule has 1 aliphatic rings. The molecule has 2 heterocycles. The Hall–Kier alpha value is -1.16. The second-order valence-corrected chi connectivity index (χ2v) is 4.35. The van der Waals surface area contributed by atoms with Gasteiger partial charge in [-0.25, -0.2) is 0 Å². The summed E-state index contributed by atoms with van der Waals surface area (Å²) in [5, 5.41) is 3.58. The van der Waals surface area contributed by atoms with Gasteiger partial charge in [0.05, 0.1) is 6.20 Å². The molecule has 0 N–H and O–H groups in total. The summed E-state index contributed by atoms with van der Waals surface area (Å²) in [6, 6.07) is 1.65. The van der Waals surface area contributed by atoms with Crippen molar-refractivity contribution in [2.45, 2.75) is 26.2 Å². The van der Waals surface area contributed by atoms with E-state index in [4.69, 9.17) is 4.52 Å². The summed E-state index contributed by atoms with van der Waals surface area (Å²) < 4.78 is 4.92. The highest BCUT2D eigenvalue weighted by atomic mass is 16.5. The van der Waals surface area contributed by atoms with Gasteiger partial charge in [-0.15, -0.1) is 0 Å². The molecule has 0 aliphatic carbocycles. The van der Waals surface area contributed by atoms with E-state index in [1.54, 1.807) is 6.07 Å². The van der Waals surface area contributed by atoms with Crippen molar-refractivity contribution in [1.82, 2.24) is 10.1 Å². The lowest BCUT2D eigenvalue weighted by molar-refractivity contribution is 0.0847. The van der Waals surface area contributed by atoms with E-state index in [0.717, 1.165) is 26.1 Å². The number of aromatic nitrogens is 1. The first kappa shape index (κ1) is 11.3. The van der Waals surface area contributed by atoms with Gasteiger partial charge < -0.3 is 9.42 Å². The minimum Gasteiger partial charge on any atom is -0.353 e. The third-order valence-electron chi connectivity index (χ3n) is 3.22. The Morgan fingerprint density at radius 1 is 1.56 bits per heavy atom. The summed E-state index contributed by atoms with van der Waals surface area (Å²) in [7, 11) is 0. The van der Waals surface area contributed by atoms with Gasteiger partial charge in [0.15, 0.2) is 0 Å². The van der Waals surface area contributed by atoms with Crippen molar-refractivity contribution in [2.75, 3.05) is 19.6 Å². The standard InChI is InChI=1S/C12H18N2O2/c1-2-10(9-14-7-3-4-8-14)12(15)11-5-6-13-16-11/h5-6,10H,2-4,7-9H2,1H3. The molecule has 1 atom stereocenters. The molecule has 1 aromatic rings. The van der Waals surface area contributed by atoms with Gasteiger partial charge in [-0.2, -0.15) is 0 Å². The average molecular weight is 222 g/mol. The van der Waals surface area contributed by atoms with Crippen LogP contribution in [-0.4, -0.2) is 35.5 Å². The zero-order valence-corrected chi connectivity index (χ0v) is 9.69. The van der Waals surface area contributed by atoms with Gasteiger partial charge in [0.25, 0.3) is 0 Å². The largest absolute Gasteiger partial charge is 0.353 e. The fourth-order valence-corrected chi connectivity index (χ4v) is 2.22. The maximum atomic E-state index is 12.1. The first-order valence-electron chi connectivity index (χ1n) is 5.98. The fourth-order valence-electron chi connectivity index (χ4n) is 2.22. The van der Waals surface area contributed by atoms with Crippen molar-refractivity contribution in [3.8, 4) is 0 Å². The Morgan fingerprint density at radius 3 is 2.88 bits per heavy atom. The van der Waals surface area contributed by atoms with E-state index in [1.165, 1.54) is 19.0 Å². The zero-order chi connectivity index (χ0) is 11.4. The highest BCUT2D eigenvalue weighted by Gasteiger charge is 2.24. The second-order valence-electron chi connectivity index (χ2n) is 4.35. The van der Waals surface area contributed by atoms with E-state index in [0.29, 0.717) is 5.76 Å². The van der Waals surface area contributed by atoms with Crippen molar-refractivity contribution >= 4 is 5.78 Å². The Bertz CT molecular complexity index is 329. The van der Waals surface area contributed by atoms with Crippen LogP contribution in [0.15, 0.2) is 16.8 Å². The number of carbonyl (C=O) groups is 1. The third-order valence-corrected chi connectivity index (χ3v) is 3.22. The van der Waals surface area contributed by atoms with E-state index in [-0.39, 0.29) is 11.7 Å². The number of Topliss-reactive ketones (excluding diaryl/α,β-unsaturated/α-hetero) is 1. The van der Waals surface area contributed by atoms with Crippen LogP contribution in [0.5, 0.6) is 0 Å². The summed E-state index contributed by atoms with van der Waals surface area (Å²) in [4.78, 5) is 14.4. The van der Waals surface area contributed by atoms with Crippen LogP contribution in [0.25, 0.3) is 0 Å².